The van der Waals surface area contributed by atoms with Gasteiger partial charge in [-0.3, -0.25) is 14.7 Å². The summed E-state index contributed by atoms with van der Waals surface area (Å²) in [4.78, 5) is 24.7. The smallest absolute Gasteiger partial charge is 0.271 e. The van der Waals surface area contributed by atoms with Crippen molar-refractivity contribution in [3.05, 3.63) is 51.9 Å². The number of aromatic amines is 1. The van der Waals surface area contributed by atoms with Crippen LogP contribution >= 0.6 is 12.4 Å². The van der Waals surface area contributed by atoms with Crippen molar-refractivity contribution in [1.29, 1.82) is 0 Å². The van der Waals surface area contributed by atoms with Crippen LogP contribution in [0, 0.1) is 12.8 Å². The highest BCUT2D eigenvalue weighted by Gasteiger charge is 2.27. The Morgan fingerprint density at radius 1 is 1.32 bits per heavy atom. The van der Waals surface area contributed by atoms with Gasteiger partial charge in [0.05, 0.1) is 11.2 Å². The van der Waals surface area contributed by atoms with Gasteiger partial charge in [-0.05, 0) is 38.3 Å². The van der Waals surface area contributed by atoms with Crippen molar-refractivity contribution in [3.63, 3.8) is 0 Å². The van der Waals surface area contributed by atoms with Gasteiger partial charge in [-0.1, -0.05) is 31.5 Å². The molecule has 1 heterocycles. The Hall–Kier alpha value is -2.05. The first kappa shape index (κ1) is 21.0. The summed E-state index contributed by atoms with van der Waals surface area (Å²) in [6.45, 7) is 8.38. The van der Waals surface area contributed by atoms with Crippen molar-refractivity contribution in [2.75, 3.05) is 6.54 Å². The minimum Gasteiger partial charge on any atom is -0.344 e. The number of amides is 1. The predicted octanol–water partition coefficient (Wildman–Crippen LogP) is 2.39. The fourth-order valence-corrected chi connectivity index (χ4v) is 2.83. The molecule has 4 N–H and O–H groups in total. The normalized spacial score (nSPS) is 13.2. The molecule has 6 nitrogen and oxygen atoms in total. The van der Waals surface area contributed by atoms with Crippen LogP contribution in [0.1, 0.15) is 43.2 Å². The molecule has 1 aromatic heterocycles. The number of hydrogen-bond acceptors (Lipinski definition) is 3. The average Bonchev–Trinajstić information content (AvgIpc) is 2.89. The zero-order valence-corrected chi connectivity index (χ0v) is 15.9. The lowest BCUT2D eigenvalue weighted by Gasteiger charge is -2.30. The molecule has 0 fully saturated rings. The van der Waals surface area contributed by atoms with E-state index in [0.29, 0.717) is 18.2 Å². The number of halogens is 1. The number of hydrogen-bond donors (Lipinski definition) is 3. The summed E-state index contributed by atoms with van der Waals surface area (Å²) < 4.78 is 1.36. The maximum absolute atomic E-state index is 12.5. The van der Waals surface area contributed by atoms with Crippen molar-refractivity contribution in [2.24, 2.45) is 11.7 Å². The van der Waals surface area contributed by atoms with E-state index in [-0.39, 0.29) is 29.6 Å². The first-order chi connectivity index (χ1) is 11.2. The molecule has 2 rings (SSSR count). The minimum absolute atomic E-state index is 0. The Labute approximate surface area is 154 Å². The molecule has 138 valence electrons. The SMILES string of the molecule is Cc1ccc(-n2[nH]c(C(=O)NC(C)(CN)CC(C)C)cc2=O)cc1.Cl. The standard InChI is InChI=1S/C18H26N4O2.ClH/c1-12(2)10-18(4,11-19)20-17(24)15-9-16(23)22(21-15)14-7-5-13(3)6-8-14;/h5-9,12,21H,10-11,19H2,1-4H3,(H,20,24);1H. The van der Waals surface area contributed by atoms with Crippen molar-refractivity contribution >= 4 is 18.3 Å². The molecule has 0 saturated heterocycles. The van der Waals surface area contributed by atoms with Crippen LogP contribution in [0.15, 0.2) is 35.1 Å². The number of rotatable bonds is 6. The molecule has 0 bridgehead atoms. The van der Waals surface area contributed by atoms with Gasteiger partial charge in [-0.2, -0.15) is 0 Å². The molecule has 1 atom stereocenters. The lowest BCUT2D eigenvalue weighted by molar-refractivity contribution is 0.0892. The van der Waals surface area contributed by atoms with E-state index in [1.165, 1.54) is 10.7 Å². The summed E-state index contributed by atoms with van der Waals surface area (Å²) in [5.41, 5.74) is 7.06. The van der Waals surface area contributed by atoms with E-state index in [0.717, 1.165) is 12.0 Å². The second kappa shape index (κ2) is 8.36. The minimum atomic E-state index is -0.506. The van der Waals surface area contributed by atoms with Gasteiger partial charge in [0.1, 0.15) is 5.69 Å². The van der Waals surface area contributed by atoms with E-state index < -0.39 is 5.54 Å². The fraction of sp³-hybridized carbons (Fsp3) is 0.444. The lowest BCUT2D eigenvalue weighted by Crippen LogP contribution is -2.52. The van der Waals surface area contributed by atoms with Gasteiger partial charge in [-0.15, -0.1) is 12.4 Å². The summed E-state index contributed by atoms with van der Waals surface area (Å²) >= 11 is 0. The lowest BCUT2D eigenvalue weighted by atomic mass is 9.90. The summed E-state index contributed by atoms with van der Waals surface area (Å²) in [5, 5.41) is 5.81. The second-order valence-corrected chi connectivity index (χ2v) is 7.00. The molecule has 0 aliphatic rings. The van der Waals surface area contributed by atoms with Gasteiger partial charge in [0.2, 0.25) is 0 Å². The third-order valence-electron chi connectivity index (χ3n) is 3.98. The van der Waals surface area contributed by atoms with Gasteiger partial charge >= 0.3 is 0 Å². The van der Waals surface area contributed by atoms with E-state index in [4.69, 9.17) is 5.73 Å². The van der Waals surface area contributed by atoms with Gasteiger partial charge in [-0.25, -0.2) is 4.68 Å². The number of benzene rings is 1. The summed E-state index contributed by atoms with van der Waals surface area (Å²) in [6, 6.07) is 8.80. The molecule has 1 amide bonds. The highest BCUT2D eigenvalue weighted by molar-refractivity contribution is 5.92. The number of nitrogens with zero attached hydrogens (tertiary/aromatic N) is 1. The van der Waals surface area contributed by atoms with Crippen LogP contribution in [0.5, 0.6) is 0 Å². The maximum Gasteiger partial charge on any atom is 0.271 e. The molecule has 7 heteroatoms. The van der Waals surface area contributed by atoms with E-state index in [9.17, 15) is 9.59 Å². The Morgan fingerprint density at radius 2 is 1.92 bits per heavy atom. The zero-order valence-electron chi connectivity index (χ0n) is 15.1. The molecular formula is C18H27ClN4O2. The Kier molecular flexibility index (Phi) is 7.02. The maximum atomic E-state index is 12.5. The average molecular weight is 367 g/mol. The molecule has 2 aromatic rings. The first-order valence-electron chi connectivity index (χ1n) is 8.16. The summed E-state index contributed by atoms with van der Waals surface area (Å²) in [5.74, 6) is 0.0709. The van der Waals surface area contributed by atoms with E-state index in [1.807, 2.05) is 38.1 Å². The zero-order chi connectivity index (χ0) is 17.9. The number of aryl methyl sites for hydroxylation is 1. The van der Waals surface area contributed by atoms with Crippen LogP contribution in [0.25, 0.3) is 5.69 Å². The summed E-state index contributed by atoms with van der Waals surface area (Å²) in [6.07, 6.45) is 0.762. The van der Waals surface area contributed by atoms with Crippen molar-refractivity contribution in [3.8, 4) is 5.69 Å². The number of nitrogens with two attached hydrogens (primary N) is 1. The van der Waals surface area contributed by atoms with Gasteiger partial charge in [0.15, 0.2) is 0 Å². The molecule has 0 spiro atoms. The largest absolute Gasteiger partial charge is 0.344 e. The van der Waals surface area contributed by atoms with Crippen molar-refractivity contribution < 1.29 is 4.79 Å². The van der Waals surface area contributed by atoms with Crippen molar-refractivity contribution in [2.45, 2.75) is 39.7 Å². The third-order valence-corrected chi connectivity index (χ3v) is 3.98. The number of nitrogens with one attached hydrogen (secondary N) is 2. The quantitative estimate of drug-likeness (QED) is 0.732. The van der Waals surface area contributed by atoms with Crippen LogP contribution in [0.3, 0.4) is 0 Å². The fourth-order valence-electron chi connectivity index (χ4n) is 2.83. The molecule has 1 aromatic carbocycles. The van der Waals surface area contributed by atoms with Crippen LogP contribution in [-0.2, 0) is 0 Å². The predicted molar refractivity (Wildman–Crippen MR) is 103 cm³/mol. The molecular weight excluding hydrogens is 340 g/mol. The number of carbonyl (C=O) groups is 1. The van der Waals surface area contributed by atoms with Gasteiger partial charge in [0, 0.05) is 12.6 Å². The summed E-state index contributed by atoms with van der Waals surface area (Å²) in [7, 11) is 0. The Bertz CT molecular complexity index is 764. The van der Waals surface area contributed by atoms with E-state index in [1.54, 1.807) is 0 Å². The van der Waals surface area contributed by atoms with Crippen LogP contribution in [-0.4, -0.2) is 27.8 Å². The van der Waals surface area contributed by atoms with E-state index >= 15 is 0 Å². The second-order valence-electron chi connectivity index (χ2n) is 7.00. The highest BCUT2D eigenvalue weighted by Crippen LogP contribution is 2.16. The number of aromatic nitrogens is 2. The van der Waals surface area contributed by atoms with Gasteiger partial charge in [0.25, 0.3) is 11.5 Å². The molecule has 0 aliphatic heterocycles. The van der Waals surface area contributed by atoms with Gasteiger partial charge < -0.3 is 11.1 Å². The number of H-pyrrole nitrogens is 1. The molecule has 0 radical (unpaired) electrons. The first-order valence-corrected chi connectivity index (χ1v) is 8.16. The van der Waals surface area contributed by atoms with Crippen LogP contribution < -0.4 is 16.6 Å². The molecule has 0 saturated carbocycles. The topological polar surface area (TPSA) is 92.9 Å². The van der Waals surface area contributed by atoms with Crippen LogP contribution in [0.4, 0.5) is 0 Å². The molecule has 25 heavy (non-hydrogen) atoms. The van der Waals surface area contributed by atoms with E-state index in [2.05, 4.69) is 24.3 Å². The Balaban J connectivity index is 0.00000312. The molecule has 0 aliphatic carbocycles. The highest BCUT2D eigenvalue weighted by atomic mass is 35.5. The number of carbonyl (C=O) groups excluding carboxylic acids is 1. The third kappa shape index (κ3) is 5.21. The van der Waals surface area contributed by atoms with Crippen molar-refractivity contribution in [1.82, 2.24) is 15.1 Å². The Morgan fingerprint density at radius 3 is 2.44 bits per heavy atom. The van der Waals surface area contributed by atoms with Crippen LogP contribution in [0.2, 0.25) is 0 Å². The monoisotopic (exact) mass is 366 g/mol. The molecule has 1 unspecified atom stereocenters.